The topological polar surface area (TPSA) is 68.7 Å². The van der Waals surface area contributed by atoms with E-state index in [4.69, 9.17) is 16.7 Å². The van der Waals surface area contributed by atoms with Gasteiger partial charge in [-0.2, -0.15) is 0 Å². The molecule has 7 heteroatoms. The van der Waals surface area contributed by atoms with Gasteiger partial charge in [0.2, 0.25) is 0 Å². The van der Waals surface area contributed by atoms with Crippen LogP contribution in [-0.4, -0.2) is 59.8 Å². The van der Waals surface area contributed by atoms with Gasteiger partial charge in [-0.05, 0) is 25.0 Å². The van der Waals surface area contributed by atoms with E-state index in [2.05, 4.69) is 22.1 Å². The zero-order valence-corrected chi connectivity index (χ0v) is 14.3. The summed E-state index contributed by atoms with van der Waals surface area (Å²) in [7, 11) is 0. The third-order valence-electron chi connectivity index (χ3n) is 3.99. The van der Waals surface area contributed by atoms with Crippen molar-refractivity contribution in [2.45, 2.75) is 32.2 Å². The molecule has 1 fully saturated rings. The van der Waals surface area contributed by atoms with Crippen LogP contribution in [0.15, 0.2) is 18.3 Å². The maximum atomic E-state index is 12.3. The Bertz CT molecular complexity index is 515. The predicted molar refractivity (Wildman–Crippen MR) is 92.0 cm³/mol. The quantitative estimate of drug-likeness (QED) is 0.797. The molecule has 0 saturated carbocycles. The SMILES string of the molecule is CCCCN(CCO)C(=O)NC1CCN(c2ncccc2Cl)C1. The number of halogens is 1. The van der Waals surface area contributed by atoms with Crippen molar-refractivity contribution in [3.05, 3.63) is 23.4 Å². The molecule has 128 valence electrons. The third kappa shape index (κ3) is 4.97. The van der Waals surface area contributed by atoms with Crippen LogP contribution >= 0.6 is 11.6 Å². The second kappa shape index (κ2) is 8.93. The highest BCUT2D eigenvalue weighted by atomic mass is 35.5. The minimum absolute atomic E-state index is 0.0164. The van der Waals surface area contributed by atoms with Crippen molar-refractivity contribution in [1.82, 2.24) is 15.2 Å². The number of unbranched alkanes of at least 4 members (excludes halogenated alkanes) is 1. The van der Waals surface area contributed by atoms with Gasteiger partial charge in [-0.15, -0.1) is 0 Å². The summed E-state index contributed by atoms with van der Waals surface area (Å²) in [5.74, 6) is 0.768. The smallest absolute Gasteiger partial charge is 0.317 e. The molecule has 1 aromatic rings. The fourth-order valence-corrected chi connectivity index (χ4v) is 2.97. The second-order valence-corrected chi connectivity index (χ2v) is 6.16. The summed E-state index contributed by atoms with van der Waals surface area (Å²) >= 11 is 6.18. The number of aliphatic hydroxyl groups is 1. The summed E-state index contributed by atoms with van der Waals surface area (Å²) in [6, 6.07) is 3.60. The van der Waals surface area contributed by atoms with Gasteiger partial charge in [0.25, 0.3) is 0 Å². The first kappa shape index (κ1) is 17.8. The predicted octanol–water partition coefficient (Wildman–Crippen LogP) is 2.12. The Morgan fingerprint density at radius 1 is 1.57 bits per heavy atom. The van der Waals surface area contributed by atoms with Gasteiger partial charge in [0, 0.05) is 38.4 Å². The Balaban J connectivity index is 1.89. The van der Waals surface area contributed by atoms with E-state index in [1.165, 1.54) is 0 Å². The van der Waals surface area contributed by atoms with E-state index in [1.54, 1.807) is 11.1 Å². The molecule has 6 nitrogen and oxygen atoms in total. The Labute approximate surface area is 142 Å². The van der Waals surface area contributed by atoms with Crippen LogP contribution < -0.4 is 10.2 Å². The number of nitrogens with zero attached hydrogens (tertiary/aromatic N) is 3. The highest BCUT2D eigenvalue weighted by molar-refractivity contribution is 6.32. The van der Waals surface area contributed by atoms with Gasteiger partial charge in [0.15, 0.2) is 0 Å². The maximum absolute atomic E-state index is 12.3. The molecule has 2 amide bonds. The number of nitrogens with one attached hydrogen (secondary N) is 1. The molecule has 1 aromatic heterocycles. The number of pyridine rings is 1. The Hall–Kier alpha value is -1.53. The summed E-state index contributed by atoms with van der Waals surface area (Å²) in [6.45, 7) is 4.62. The zero-order valence-electron chi connectivity index (χ0n) is 13.5. The lowest BCUT2D eigenvalue weighted by Gasteiger charge is -2.24. The molecule has 1 atom stereocenters. The van der Waals surface area contributed by atoms with Crippen LogP contribution in [0.3, 0.4) is 0 Å². The molecule has 0 aromatic carbocycles. The van der Waals surface area contributed by atoms with Crippen LogP contribution in [0.4, 0.5) is 10.6 Å². The number of carbonyl (C=O) groups is 1. The van der Waals surface area contributed by atoms with Crippen molar-refractivity contribution >= 4 is 23.4 Å². The van der Waals surface area contributed by atoms with Crippen molar-refractivity contribution in [2.75, 3.05) is 37.7 Å². The molecule has 0 spiro atoms. The van der Waals surface area contributed by atoms with E-state index >= 15 is 0 Å². The van der Waals surface area contributed by atoms with Crippen molar-refractivity contribution in [3.8, 4) is 0 Å². The van der Waals surface area contributed by atoms with Crippen molar-refractivity contribution < 1.29 is 9.90 Å². The van der Waals surface area contributed by atoms with E-state index in [-0.39, 0.29) is 18.7 Å². The summed E-state index contributed by atoms with van der Waals surface area (Å²) in [5.41, 5.74) is 0. The van der Waals surface area contributed by atoms with Crippen LogP contribution in [0.1, 0.15) is 26.2 Å². The van der Waals surface area contributed by atoms with Crippen molar-refractivity contribution in [1.29, 1.82) is 0 Å². The van der Waals surface area contributed by atoms with E-state index < -0.39 is 0 Å². The van der Waals surface area contributed by atoms with Gasteiger partial charge in [0.1, 0.15) is 5.82 Å². The van der Waals surface area contributed by atoms with E-state index in [1.807, 2.05) is 12.1 Å². The van der Waals surface area contributed by atoms with Crippen LogP contribution in [0.2, 0.25) is 5.02 Å². The first-order chi connectivity index (χ1) is 11.2. The largest absolute Gasteiger partial charge is 0.395 e. The molecule has 1 aliphatic rings. The molecule has 0 bridgehead atoms. The number of amides is 2. The van der Waals surface area contributed by atoms with Crippen molar-refractivity contribution in [3.63, 3.8) is 0 Å². The van der Waals surface area contributed by atoms with E-state index in [9.17, 15) is 4.79 Å². The molecule has 1 saturated heterocycles. The van der Waals surface area contributed by atoms with Crippen molar-refractivity contribution in [2.24, 2.45) is 0 Å². The fraction of sp³-hybridized carbons (Fsp3) is 0.625. The minimum Gasteiger partial charge on any atom is -0.395 e. The van der Waals surface area contributed by atoms with E-state index in [0.29, 0.717) is 24.7 Å². The molecule has 2 rings (SSSR count). The first-order valence-electron chi connectivity index (χ1n) is 8.17. The van der Waals surface area contributed by atoms with Gasteiger partial charge in [0.05, 0.1) is 11.6 Å². The summed E-state index contributed by atoms with van der Waals surface area (Å²) in [4.78, 5) is 20.4. The number of rotatable bonds is 7. The molecular weight excluding hydrogens is 316 g/mol. The molecule has 23 heavy (non-hydrogen) atoms. The van der Waals surface area contributed by atoms with E-state index in [0.717, 1.165) is 31.6 Å². The monoisotopic (exact) mass is 340 g/mol. The average Bonchev–Trinajstić information content (AvgIpc) is 3.00. The molecule has 2 N–H and O–H groups in total. The Morgan fingerprint density at radius 3 is 3.09 bits per heavy atom. The number of anilines is 1. The van der Waals surface area contributed by atoms with Gasteiger partial charge >= 0.3 is 6.03 Å². The molecule has 0 radical (unpaired) electrons. The number of aromatic nitrogens is 1. The first-order valence-corrected chi connectivity index (χ1v) is 8.55. The molecule has 0 aliphatic carbocycles. The van der Waals surface area contributed by atoms with Crippen LogP contribution in [-0.2, 0) is 0 Å². The summed E-state index contributed by atoms with van der Waals surface area (Å²) in [5, 5.41) is 12.8. The standard InChI is InChI=1S/C16H25ClN4O2/c1-2-3-8-20(10-11-22)16(23)19-13-6-9-21(12-13)15-14(17)5-4-7-18-15/h4-5,7,13,22H,2-3,6,8-12H2,1H3,(H,19,23). The number of hydrogen-bond acceptors (Lipinski definition) is 4. The highest BCUT2D eigenvalue weighted by Gasteiger charge is 2.27. The van der Waals surface area contributed by atoms with Gasteiger partial charge in [-0.25, -0.2) is 9.78 Å². The molecule has 2 heterocycles. The van der Waals surface area contributed by atoms with Crippen LogP contribution in [0, 0.1) is 0 Å². The Morgan fingerprint density at radius 2 is 2.39 bits per heavy atom. The lowest BCUT2D eigenvalue weighted by molar-refractivity contribution is 0.173. The summed E-state index contributed by atoms with van der Waals surface area (Å²) < 4.78 is 0. The number of carbonyl (C=O) groups excluding carboxylic acids is 1. The lowest BCUT2D eigenvalue weighted by Crippen LogP contribution is -2.47. The van der Waals surface area contributed by atoms with Crippen LogP contribution in [0.25, 0.3) is 0 Å². The van der Waals surface area contributed by atoms with Gasteiger partial charge in [-0.1, -0.05) is 24.9 Å². The Kier molecular flexibility index (Phi) is 6.92. The summed E-state index contributed by atoms with van der Waals surface area (Å²) in [6.07, 6.45) is 4.54. The number of urea groups is 1. The molecule has 1 unspecified atom stereocenters. The lowest BCUT2D eigenvalue weighted by atomic mass is 10.2. The molecule has 1 aliphatic heterocycles. The van der Waals surface area contributed by atoms with Gasteiger partial charge in [-0.3, -0.25) is 0 Å². The molecular formula is C16H25ClN4O2. The minimum atomic E-state index is -0.105. The fourth-order valence-electron chi connectivity index (χ4n) is 2.73. The highest BCUT2D eigenvalue weighted by Crippen LogP contribution is 2.25. The zero-order chi connectivity index (χ0) is 16.7. The number of aliphatic hydroxyl groups excluding tert-OH is 1. The second-order valence-electron chi connectivity index (χ2n) is 5.75. The average molecular weight is 341 g/mol. The number of hydrogen-bond donors (Lipinski definition) is 2. The van der Waals surface area contributed by atoms with Gasteiger partial charge < -0.3 is 20.2 Å². The van der Waals surface area contributed by atoms with Crippen LogP contribution in [0.5, 0.6) is 0 Å². The maximum Gasteiger partial charge on any atom is 0.317 e. The third-order valence-corrected chi connectivity index (χ3v) is 4.29. The normalized spacial score (nSPS) is 17.3.